The van der Waals surface area contributed by atoms with E-state index in [-0.39, 0.29) is 27.1 Å². The van der Waals surface area contributed by atoms with Gasteiger partial charge in [-0.1, -0.05) is 87.5 Å². The Bertz CT molecular complexity index is 1740. The molecule has 1 fully saturated rings. The molecule has 0 radical (unpaired) electrons. The van der Waals surface area contributed by atoms with Gasteiger partial charge in [-0.15, -0.1) is 0 Å². The van der Waals surface area contributed by atoms with Crippen LogP contribution >= 0.6 is 0 Å². The molecule has 0 saturated heterocycles. The topological polar surface area (TPSA) is 94.1 Å². The first-order chi connectivity index (χ1) is 18.9. The first-order valence-electron chi connectivity index (χ1n) is 13.6. The minimum Gasteiger partial charge on any atom is -0.236 e. The Morgan fingerprint density at radius 3 is 1.85 bits per heavy atom. The van der Waals surface area contributed by atoms with Crippen LogP contribution in [0.1, 0.15) is 62.1 Å². The molecule has 1 atom stereocenters. The van der Waals surface area contributed by atoms with Crippen molar-refractivity contribution in [2.75, 3.05) is 6.26 Å². The van der Waals surface area contributed by atoms with E-state index in [0.717, 1.165) is 34.2 Å². The van der Waals surface area contributed by atoms with Crippen LogP contribution in [0.3, 0.4) is 0 Å². The molecule has 5 rings (SSSR count). The van der Waals surface area contributed by atoms with Gasteiger partial charge in [0.15, 0.2) is 29.7 Å². The van der Waals surface area contributed by atoms with E-state index in [9.17, 15) is 16.8 Å². The Morgan fingerprint density at radius 2 is 1.25 bits per heavy atom. The molecular formula is C32H34N2O4S2. The molecule has 8 heteroatoms. The largest absolute Gasteiger partial charge is 0.236 e. The molecule has 4 aromatic rings. The molecule has 40 heavy (non-hydrogen) atoms. The highest BCUT2D eigenvalue weighted by Gasteiger charge is 2.38. The number of pyridine rings is 2. The summed E-state index contributed by atoms with van der Waals surface area (Å²) in [5, 5.41) is -0.0918. The van der Waals surface area contributed by atoms with E-state index in [1.807, 2.05) is 66.7 Å². The van der Waals surface area contributed by atoms with Crippen molar-refractivity contribution in [3.05, 3.63) is 95.6 Å². The van der Waals surface area contributed by atoms with Gasteiger partial charge in [0.2, 0.25) is 0 Å². The van der Waals surface area contributed by atoms with Gasteiger partial charge in [0.25, 0.3) is 0 Å². The normalized spacial score (nSPS) is 14.8. The van der Waals surface area contributed by atoms with Crippen LogP contribution in [-0.4, -0.2) is 38.3 Å². The Balaban J connectivity index is 1.46. The molecule has 1 saturated carbocycles. The highest BCUT2D eigenvalue weighted by Crippen LogP contribution is 2.36. The van der Waals surface area contributed by atoms with Gasteiger partial charge in [-0.2, -0.15) is 0 Å². The number of benzene rings is 2. The van der Waals surface area contributed by atoms with Crippen LogP contribution < -0.4 is 0 Å². The van der Waals surface area contributed by atoms with E-state index < -0.39 is 19.7 Å². The summed E-state index contributed by atoms with van der Waals surface area (Å²) in [7, 11) is -6.83. The zero-order valence-electron chi connectivity index (χ0n) is 23.2. The summed E-state index contributed by atoms with van der Waals surface area (Å²) in [5.41, 5.74) is 6.24. The lowest BCUT2D eigenvalue weighted by Crippen LogP contribution is -2.11. The van der Waals surface area contributed by atoms with Crippen molar-refractivity contribution in [3.63, 3.8) is 0 Å². The maximum atomic E-state index is 12.9. The zero-order valence-corrected chi connectivity index (χ0v) is 24.8. The molecule has 0 aliphatic heterocycles. The van der Waals surface area contributed by atoms with E-state index in [2.05, 4.69) is 25.8 Å². The second kappa shape index (κ2) is 10.9. The van der Waals surface area contributed by atoms with Crippen LogP contribution in [0.2, 0.25) is 0 Å². The number of nitrogens with zero attached hydrogens (tertiary/aromatic N) is 2. The highest BCUT2D eigenvalue weighted by molar-refractivity contribution is 7.92. The number of hydrogen-bond acceptors (Lipinski definition) is 6. The number of rotatable bonds is 9. The van der Waals surface area contributed by atoms with Crippen molar-refractivity contribution < 1.29 is 16.8 Å². The van der Waals surface area contributed by atoms with E-state index in [0.29, 0.717) is 24.2 Å². The van der Waals surface area contributed by atoms with Crippen molar-refractivity contribution >= 4 is 19.7 Å². The molecule has 0 N–H and O–H groups in total. The van der Waals surface area contributed by atoms with Crippen LogP contribution in [-0.2, 0) is 26.1 Å². The van der Waals surface area contributed by atoms with Crippen molar-refractivity contribution in [2.24, 2.45) is 0 Å². The third kappa shape index (κ3) is 5.88. The monoisotopic (exact) mass is 574 g/mol. The fraction of sp³-hybridized carbons (Fsp3) is 0.312. The molecule has 6 nitrogen and oxygen atoms in total. The van der Waals surface area contributed by atoms with Gasteiger partial charge in [-0.3, -0.25) is 0 Å². The van der Waals surface area contributed by atoms with Crippen LogP contribution in [0, 0.1) is 0 Å². The van der Waals surface area contributed by atoms with Gasteiger partial charge in [0.05, 0.1) is 16.6 Å². The number of aromatic nitrogens is 2. The lowest BCUT2D eigenvalue weighted by molar-refractivity contribution is 0.590. The quantitative estimate of drug-likeness (QED) is 0.223. The lowest BCUT2D eigenvalue weighted by atomic mass is 9.90. The summed E-state index contributed by atoms with van der Waals surface area (Å²) in [6, 6.07) is 24.8. The minimum atomic E-state index is -3.43. The summed E-state index contributed by atoms with van der Waals surface area (Å²) < 4.78 is 50.2. The maximum Gasteiger partial charge on any atom is 0.198 e. The summed E-state index contributed by atoms with van der Waals surface area (Å²) >= 11 is 0. The van der Waals surface area contributed by atoms with Gasteiger partial charge in [0, 0.05) is 17.4 Å². The molecule has 1 unspecified atom stereocenters. The molecule has 1 aliphatic rings. The second-order valence-electron chi connectivity index (χ2n) is 11.0. The van der Waals surface area contributed by atoms with Crippen molar-refractivity contribution in [2.45, 2.75) is 67.2 Å². The molecule has 1 aliphatic carbocycles. The molecule has 0 bridgehead atoms. The first kappa shape index (κ1) is 28.2. The van der Waals surface area contributed by atoms with Crippen LogP contribution in [0.25, 0.3) is 22.5 Å². The molecular weight excluding hydrogens is 540 g/mol. The minimum absolute atomic E-state index is 0.0673. The number of hydrogen-bond donors (Lipinski definition) is 0. The predicted octanol–water partition coefficient (Wildman–Crippen LogP) is 6.62. The number of sulfone groups is 2. The third-order valence-electron chi connectivity index (χ3n) is 7.41. The fourth-order valence-electron chi connectivity index (χ4n) is 5.00. The summed E-state index contributed by atoms with van der Waals surface area (Å²) in [6.07, 6.45) is 3.30. The fourth-order valence-corrected chi connectivity index (χ4v) is 7.15. The maximum absolute atomic E-state index is 12.9. The molecule has 208 valence electrons. The Kier molecular flexibility index (Phi) is 7.68. The van der Waals surface area contributed by atoms with E-state index in [1.54, 1.807) is 12.1 Å². The van der Waals surface area contributed by atoms with Gasteiger partial charge in [-0.05, 0) is 59.9 Å². The molecule has 2 aromatic carbocycles. The van der Waals surface area contributed by atoms with Crippen molar-refractivity contribution in [1.82, 2.24) is 9.97 Å². The highest BCUT2D eigenvalue weighted by atomic mass is 32.2. The van der Waals surface area contributed by atoms with Gasteiger partial charge in [-0.25, -0.2) is 26.8 Å². The van der Waals surface area contributed by atoms with Crippen LogP contribution in [0.5, 0.6) is 0 Å². The van der Waals surface area contributed by atoms with Crippen LogP contribution in [0.4, 0.5) is 0 Å². The standard InChI is InChI=1S/C32H34N2O4S2/c1-21(2)27-16-18-29(39(4,35)36)33-31(27)25-12-10-23(11-13-25)20-22(3)28-17-19-30(40(37,38)26-14-15-26)34-32(28)24-8-6-5-7-9-24/h5-13,16-19,21-22,26H,14-15,20H2,1-4H3. The van der Waals surface area contributed by atoms with E-state index in [1.165, 1.54) is 6.26 Å². The molecule has 0 spiro atoms. The average molecular weight is 575 g/mol. The molecule has 2 heterocycles. The zero-order chi connectivity index (χ0) is 28.7. The van der Waals surface area contributed by atoms with E-state index in [4.69, 9.17) is 4.98 Å². The molecule has 0 amide bonds. The van der Waals surface area contributed by atoms with Crippen LogP contribution in [0.15, 0.2) is 88.9 Å². The molecule has 2 aromatic heterocycles. The smallest absolute Gasteiger partial charge is 0.198 e. The van der Waals surface area contributed by atoms with E-state index >= 15 is 0 Å². The third-order valence-corrected chi connectivity index (χ3v) is 10.6. The Labute approximate surface area is 237 Å². The Hall–Kier alpha value is -3.36. The Morgan fingerprint density at radius 1 is 0.700 bits per heavy atom. The SMILES string of the molecule is CC(C)c1ccc(S(C)(=O)=O)nc1-c1ccc(CC(C)c2ccc(S(=O)(=O)C3CC3)nc2-c2ccccc2)cc1. The van der Waals surface area contributed by atoms with Crippen molar-refractivity contribution in [3.8, 4) is 22.5 Å². The lowest BCUT2D eigenvalue weighted by Gasteiger charge is -2.18. The summed E-state index contributed by atoms with van der Waals surface area (Å²) in [5.74, 6) is 0.260. The first-order valence-corrected chi connectivity index (χ1v) is 17.0. The summed E-state index contributed by atoms with van der Waals surface area (Å²) in [4.78, 5) is 9.22. The second-order valence-corrected chi connectivity index (χ2v) is 15.2. The van der Waals surface area contributed by atoms with Gasteiger partial charge in [0.1, 0.15) is 0 Å². The van der Waals surface area contributed by atoms with Gasteiger partial charge >= 0.3 is 0 Å². The summed E-state index contributed by atoms with van der Waals surface area (Å²) in [6.45, 7) is 6.26. The van der Waals surface area contributed by atoms with Crippen molar-refractivity contribution in [1.29, 1.82) is 0 Å². The van der Waals surface area contributed by atoms with Gasteiger partial charge < -0.3 is 0 Å². The predicted molar refractivity (Wildman–Crippen MR) is 159 cm³/mol. The average Bonchev–Trinajstić information content (AvgIpc) is 3.79.